The van der Waals surface area contributed by atoms with Crippen LogP contribution in [0.3, 0.4) is 0 Å². The van der Waals surface area contributed by atoms with Gasteiger partial charge in [-0.1, -0.05) is 6.07 Å². The zero-order chi connectivity index (χ0) is 17.8. The van der Waals surface area contributed by atoms with E-state index in [2.05, 4.69) is 22.9 Å². The van der Waals surface area contributed by atoms with Crippen molar-refractivity contribution >= 4 is 17.0 Å². The average Bonchev–Trinajstić information content (AvgIpc) is 3.26. The van der Waals surface area contributed by atoms with Crippen LogP contribution in [0.25, 0.3) is 11.3 Å². The van der Waals surface area contributed by atoms with Crippen molar-refractivity contribution in [2.24, 2.45) is 0 Å². The molecule has 3 aromatic rings. The number of aromatic amines is 1. The van der Waals surface area contributed by atoms with Gasteiger partial charge in [-0.05, 0) is 55.5 Å². The van der Waals surface area contributed by atoms with Gasteiger partial charge >= 0.3 is 0 Å². The molecule has 5 rings (SSSR count). The molecule has 1 fully saturated rings. The minimum Gasteiger partial charge on any atom is -0.366 e. The molecule has 2 nitrogen and oxygen atoms in total. The van der Waals surface area contributed by atoms with Crippen LogP contribution < -0.4 is 4.90 Å². The van der Waals surface area contributed by atoms with Crippen molar-refractivity contribution in [3.8, 4) is 11.3 Å². The maximum absolute atomic E-state index is 14.1. The molecule has 0 atom stereocenters. The lowest BCUT2D eigenvalue weighted by Gasteiger charge is -2.28. The molecule has 5 heteroatoms. The predicted molar refractivity (Wildman–Crippen MR) is 102 cm³/mol. The van der Waals surface area contributed by atoms with Gasteiger partial charge in [0.05, 0.1) is 16.9 Å². The Hall–Kier alpha value is -2.14. The van der Waals surface area contributed by atoms with Gasteiger partial charge in [0.1, 0.15) is 11.6 Å². The molecule has 0 amide bonds. The lowest BCUT2D eigenvalue weighted by Crippen LogP contribution is -2.30. The smallest absolute Gasteiger partial charge is 0.135 e. The second-order valence-corrected chi connectivity index (χ2v) is 8.61. The van der Waals surface area contributed by atoms with Gasteiger partial charge in [-0.15, -0.1) is 11.3 Å². The Morgan fingerprint density at radius 3 is 2.65 bits per heavy atom. The number of halogens is 2. The lowest BCUT2D eigenvalue weighted by molar-refractivity contribution is 0.589. The van der Waals surface area contributed by atoms with Gasteiger partial charge < -0.3 is 9.88 Å². The molecule has 1 aromatic carbocycles. The van der Waals surface area contributed by atoms with Crippen molar-refractivity contribution in [2.45, 2.75) is 38.6 Å². The summed E-state index contributed by atoms with van der Waals surface area (Å²) in [7, 11) is 0. The number of fused-ring (bicyclic) bond motifs is 1. The van der Waals surface area contributed by atoms with Crippen molar-refractivity contribution < 1.29 is 8.78 Å². The van der Waals surface area contributed by atoms with E-state index in [0.29, 0.717) is 5.69 Å². The zero-order valence-electron chi connectivity index (χ0n) is 14.6. The topological polar surface area (TPSA) is 19.0 Å². The molecule has 0 spiro atoms. The molecule has 1 saturated carbocycles. The second kappa shape index (κ2) is 5.95. The number of thiophene rings is 1. The highest BCUT2D eigenvalue weighted by Crippen LogP contribution is 2.46. The first-order valence-electron chi connectivity index (χ1n) is 9.10. The van der Waals surface area contributed by atoms with Gasteiger partial charge in [0.25, 0.3) is 0 Å². The summed E-state index contributed by atoms with van der Waals surface area (Å²) in [4.78, 5) is 8.52. The molecule has 1 N–H and O–H groups in total. The van der Waals surface area contributed by atoms with E-state index in [-0.39, 0.29) is 5.56 Å². The quantitative estimate of drug-likeness (QED) is 0.620. The fourth-order valence-electron chi connectivity index (χ4n) is 3.91. The van der Waals surface area contributed by atoms with E-state index in [1.807, 2.05) is 17.4 Å². The van der Waals surface area contributed by atoms with Crippen LogP contribution in [0.1, 0.15) is 39.8 Å². The summed E-state index contributed by atoms with van der Waals surface area (Å²) in [6, 6.07) is 8.27. The SMILES string of the molecule is Cc1sc(C2CC2)cc1N1CCc2[nH]c(-c3c(F)cccc3F)cc2C1. The minimum absolute atomic E-state index is 0.0381. The molecule has 1 aliphatic heterocycles. The van der Waals surface area contributed by atoms with Gasteiger partial charge in [0.2, 0.25) is 0 Å². The second-order valence-electron chi connectivity index (χ2n) is 7.32. The number of rotatable bonds is 3. The van der Waals surface area contributed by atoms with Crippen LogP contribution in [0.15, 0.2) is 30.3 Å². The van der Waals surface area contributed by atoms with Crippen molar-refractivity contribution in [1.29, 1.82) is 0 Å². The van der Waals surface area contributed by atoms with E-state index in [1.54, 1.807) is 0 Å². The number of nitrogens with zero attached hydrogens (tertiary/aromatic N) is 1. The normalized spacial score (nSPS) is 16.8. The van der Waals surface area contributed by atoms with Crippen LogP contribution in [0.2, 0.25) is 0 Å². The van der Waals surface area contributed by atoms with Crippen molar-refractivity contribution in [2.75, 3.05) is 11.4 Å². The van der Waals surface area contributed by atoms with E-state index in [4.69, 9.17) is 0 Å². The molecule has 0 radical (unpaired) electrons. The number of hydrogen-bond donors (Lipinski definition) is 1. The standard InChI is InChI=1S/C21H20F2N2S/c1-12-19(10-20(26-12)13-5-6-13)25-8-7-17-14(11-25)9-18(24-17)21-15(22)3-2-4-16(21)23/h2-4,9-10,13,24H,5-8,11H2,1H3. The Kier molecular flexibility index (Phi) is 3.67. The lowest BCUT2D eigenvalue weighted by atomic mass is 10.1. The van der Waals surface area contributed by atoms with Crippen molar-refractivity contribution in [3.63, 3.8) is 0 Å². The van der Waals surface area contributed by atoms with Crippen molar-refractivity contribution in [3.05, 3.63) is 63.0 Å². The van der Waals surface area contributed by atoms with Gasteiger partial charge in [0.15, 0.2) is 0 Å². The molecule has 0 bridgehead atoms. The highest BCUT2D eigenvalue weighted by Gasteiger charge is 2.28. The maximum atomic E-state index is 14.1. The molecule has 0 unspecified atom stereocenters. The Balaban J connectivity index is 1.46. The average molecular weight is 370 g/mol. The van der Waals surface area contributed by atoms with Crippen LogP contribution in [0, 0.1) is 18.6 Å². The summed E-state index contributed by atoms with van der Waals surface area (Å²) in [5, 5.41) is 0. The molecule has 1 aliphatic carbocycles. The van der Waals surface area contributed by atoms with Gasteiger partial charge in [-0.25, -0.2) is 8.78 Å². The number of hydrogen-bond acceptors (Lipinski definition) is 2. The van der Waals surface area contributed by atoms with E-state index in [0.717, 1.165) is 36.7 Å². The number of benzene rings is 1. The maximum Gasteiger partial charge on any atom is 0.135 e. The zero-order valence-corrected chi connectivity index (χ0v) is 15.4. The first kappa shape index (κ1) is 16.1. The van der Waals surface area contributed by atoms with E-state index in [1.165, 1.54) is 46.5 Å². The number of nitrogens with one attached hydrogen (secondary N) is 1. The fourth-order valence-corrected chi connectivity index (χ4v) is 5.13. The summed E-state index contributed by atoms with van der Waals surface area (Å²) >= 11 is 1.92. The molecule has 134 valence electrons. The Bertz CT molecular complexity index is 964. The first-order chi connectivity index (χ1) is 12.6. The third-order valence-electron chi connectivity index (χ3n) is 5.45. The number of aromatic nitrogens is 1. The van der Waals surface area contributed by atoms with Crippen LogP contribution >= 0.6 is 11.3 Å². The summed E-state index contributed by atoms with van der Waals surface area (Å²) < 4.78 is 28.2. The Morgan fingerprint density at radius 2 is 1.92 bits per heavy atom. The third-order valence-corrected chi connectivity index (χ3v) is 6.65. The molecule has 0 saturated heterocycles. The van der Waals surface area contributed by atoms with Crippen LogP contribution in [0.4, 0.5) is 14.5 Å². The minimum atomic E-state index is -0.525. The fraction of sp³-hybridized carbons (Fsp3) is 0.333. The van der Waals surface area contributed by atoms with Crippen LogP contribution in [0.5, 0.6) is 0 Å². The van der Waals surface area contributed by atoms with E-state index >= 15 is 0 Å². The molecule has 2 aliphatic rings. The molecule has 3 heterocycles. The highest BCUT2D eigenvalue weighted by molar-refractivity contribution is 7.12. The highest BCUT2D eigenvalue weighted by atomic mass is 32.1. The first-order valence-corrected chi connectivity index (χ1v) is 9.92. The molecular formula is C21H20F2N2S. The number of H-pyrrole nitrogens is 1. The Morgan fingerprint density at radius 1 is 1.15 bits per heavy atom. The predicted octanol–water partition coefficient (Wildman–Crippen LogP) is 5.77. The van der Waals surface area contributed by atoms with Crippen molar-refractivity contribution in [1.82, 2.24) is 4.98 Å². The van der Waals surface area contributed by atoms with E-state index < -0.39 is 11.6 Å². The van der Waals surface area contributed by atoms with E-state index in [9.17, 15) is 8.78 Å². The molecular weight excluding hydrogens is 350 g/mol. The summed E-state index contributed by atoms with van der Waals surface area (Å²) in [6.07, 6.45) is 3.50. The number of anilines is 1. The summed E-state index contributed by atoms with van der Waals surface area (Å²) in [5.41, 5.74) is 4.12. The van der Waals surface area contributed by atoms with Gasteiger partial charge in [-0.2, -0.15) is 0 Å². The Labute approximate surface area is 155 Å². The summed E-state index contributed by atoms with van der Waals surface area (Å²) in [6.45, 7) is 3.90. The monoisotopic (exact) mass is 370 g/mol. The molecule has 2 aromatic heterocycles. The third kappa shape index (κ3) is 2.65. The van der Waals surface area contributed by atoms with Gasteiger partial charge in [-0.3, -0.25) is 0 Å². The molecule has 26 heavy (non-hydrogen) atoms. The number of aryl methyl sites for hydroxylation is 1. The van der Waals surface area contributed by atoms with Crippen LogP contribution in [-0.4, -0.2) is 11.5 Å². The van der Waals surface area contributed by atoms with Gasteiger partial charge in [0, 0.05) is 35.0 Å². The largest absolute Gasteiger partial charge is 0.366 e. The van der Waals surface area contributed by atoms with Crippen LogP contribution in [-0.2, 0) is 13.0 Å². The summed E-state index contributed by atoms with van der Waals surface area (Å²) in [5.74, 6) is -0.276.